The number of nitrogens with zero attached hydrogens (tertiary/aromatic N) is 2. The van der Waals surface area contributed by atoms with E-state index in [-0.39, 0.29) is 37.4 Å². The zero-order valence-corrected chi connectivity index (χ0v) is 14.5. The van der Waals surface area contributed by atoms with Gasteiger partial charge in [-0.25, -0.2) is 0 Å². The summed E-state index contributed by atoms with van der Waals surface area (Å²) in [4.78, 5) is 38.7. The van der Waals surface area contributed by atoms with Gasteiger partial charge in [0.2, 0.25) is 5.91 Å². The van der Waals surface area contributed by atoms with Crippen LogP contribution in [0.2, 0.25) is 0 Å². The maximum atomic E-state index is 12.6. The summed E-state index contributed by atoms with van der Waals surface area (Å²) in [6.45, 7) is 0.310. The van der Waals surface area contributed by atoms with E-state index in [0.29, 0.717) is 24.4 Å². The summed E-state index contributed by atoms with van der Waals surface area (Å²) < 4.78 is 6.23. The van der Waals surface area contributed by atoms with Crippen LogP contribution >= 0.6 is 15.9 Å². The zero-order chi connectivity index (χ0) is 17.3. The minimum Gasteiger partial charge on any atom is -0.482 e. The summed E-state index contributed by atoms with van der Waals surface area (Å²) in [6, 6.07) is 4.96. The summed E-state index contributed by atoms with van der Waals surface area (Å²) in [7, 11) is 0. The number of hydrogen-bond acceptors (Lipinski definition) is 4. The van der Waals surface area contributed by atoms with Crippen molar-refractivity contribution in [2.75, 3.05) is 24.6 Å². The van der Waals surface area contributed by atoms with Gasteiger partial charge in [0.1, 0.15) is 12.3 Å². The predicted octanol–water partition coefficient (Wildman–Crippen LogP) is 1.64. The third kappa shape index (κ3) is 3.38. The van der Waals surface area contributed by atoms with Crippen molar-refractivity contribution in [2.45, 2.75) is 25.3 Å². The molecule has 1 N–H and O–H groups in total. The number of carbonyl (C=O) groups is 3. The molecule has 1 fully saturated rings. The van der Waals surface area contributed by atoms with Gasteiger partial charge >= 0.3 is 5.97 Å². The van der Waals surface area contributed by atoms with E-state index in [2.05, 4.69) is 15.9 Å². The normalized spacial score (nSPS) is 19.9. The van der Waals surface area contributed by atoms with Crippen LogP contribution in [0.4, 0.5) is 5.69 Å². The number of ether oxygens (including phenoxy) is 1. The smallest absolute Gasteiger partial charge is 0.305 e. The number of halogens is 1. The molecule has 0 saturated carbocycles. The highest BCUT2D eigenvalue weighted by molar-refractivity contribution is 9.10. The molecular weight excluding hydrogens is 380 g/mol. The lowest BCUT2D eigenvalue weighted by atomic mass is 10.1. The summed E-state index contributed by atoms with van der Waals surface area (Å²) in [5.74, 6) is -0.896. The molecule has 2 amide bonds. The molecule has 0 aliphatic carbocycles. The first kappa shape index (κ1) is 16.8. The lowest BCUT2D eigenvalue weighted by Crippen LogP contribution is -2.48. The molecule has 0 bridgehead atoms. The van der Waals surface area contributed by atoms with Crippen molar-refractivity contribution in [1.29, 1.82) is 0 Å². The van der Waals surface area contributed by atoms with Gasteiger partial charge in [-0.2, -0.15) is 0 Å². The van der Waals surface area contributed by atoms with Crippen LogP contribution in [0.3, 0.4) is 0 Å². The number of carbonyl (C=O) groups excluding carboxylic acids is 2. The van der Waals surface area contributed by atoms with Gasteiger partial charge in [-0.05, 0) is 31.0 Å². The minimum atomic E-state index is -0.919. The van der Waals surface area contributed by atoms with Gasteiger partial charge in [-0.15, -0.1) is 0 Å². The maximum Gasteiger partial charge on any atom is 0.305 e. The average Bonchev–Trinajstić information content (AvgIpc) is 2.97. The third-order valence-electron chi connectivity index (χ3n) is 4.27. The molecule has 1 saturated heterocycles. The number of carboxylic acids is 1. The Hall–Kier alpha value is -2.09. The number of hydrogen-bond donors (Lipinski definition) is 1. The Bertz CT molecular complexity index is 693. The number of fused-ring (bicyclic) bond motifs is 1. The molecule has 0 aromatic heterocycles. The van der Waals surface area contributed by atoms with Crippen molar-refractivity contribution in [1.82, 2.24) is 4.90 Å². The van der Waals surface area contributed by atoms with Crippen molar-refractivity contribution >= 4 is 39.4 Å². The monoisotopic (exact) mass is 396 g/mol. The number of rotatable bonds is 4. The molecule has 2 aliphatic heterocycles. The van der Waals surface area contributed by atoms with Crippen LogP contribution in [0.15, 0.2) is 22.7 Å². The van der Waals surface area contributed by atoms with Gasteiger partial charge in [0.25, 0.3) is 5.91 Å². The zero-order valence-electron chi connectivity index (χ0n) is 12.9. The van der Waals surface area contributed by atoms with E-state index < -0.39 is 5.97 Å². The molecule has 8 heteroatoms. The number of amides is 2. The van der Waals surface area contributed by atoms with Crippen molar-refractivity contribution < 1.29 is 24.2 Å². The topological polar surface area (TPSA) is 87.2 Å². The Labute approximate surface area is 147 Å². The number of benzene rings is 1. The highest BCUT2D eigenvalue weighted by atomic mass is 79.9. The fourth-order valence-corrected chi connectivity index (χ4v) is 3.50. The van der Waals surface area contributed by atoms with Gasteiger partial charge in [-0.1, -0.05) is 15.9 Å². The second-order valence-electron chi connectivity index (χ2n) is 5.86. The molecule has 1 aromatic rings. The molecule has 2 heterocycles. The quantitative estimate of drug-likeness (QED) is 0.835. The van der Waals surface area contributed by atoms with E-state index in [1.807, 2.05) is 0 Å². The summed E-state index contributed by atoms with van der Waals surface area (Å²) in [5.41, 5.74) is 0.553. The van der Waals surface area contributed by atoms with Crippen molar-refractivity contribution in [3.05, 3.63) is 22.7 Å². The molecule has 24 heavy (non-hydrogen) atoms. The van der Waals surface area contributed by atoms with Gasteiger partial charge in [0.15, 0.2) is 6.61 Å². The largest absolute Gasteiger partial charge is 0.482 e. The first-order chi connectivity index (χ1) is 11.5. The summed E-state index contributed by atoms with van der Waals surface area (Å²) in [5, 5.41) is 8.97. The first-order valence-electron chi connectivity index (χ1n) is 7.69. The average molecular weight is 397 g/mol. The fourth-order valence-electron chi connectivity index (χ4n) is 3.16. The molecule has 2 aliphatic rings. The van der Waals surface area contributed by atoms with Crippen molar-refractivity contribution in [3.8, 4) is 5.75 Å². The van der Waals surface area contributed by atoms with E-state index in [1.165, 1.54) is 4.90 Å². The van der Waals surface area contributed by atoms with Gasteiger partial charge in [0.05, 0.1) is 12.1 Å². The molecule has 0 radical (unpaired) electrons. The number of aliphatic carboxylic acids is 1. The van der Waals surface area contributed by atoms with E-state index in [4.69, 9.17) is 9.84 Å². The van der Waals surface area contributed by atoms with E-state index in [0.717, 1.165) is 10.9 Å². The van der Waals surface area contributed by atoms with Gasteiger partial charge in [0, 0.05) is 17.1 Å². The molecule has 7 nitrogen and oxygen atoms in total. The van der Waals surface area contributed by atoms with Crippen molar-refractivity contribution in [2.24, 2.45) is 0 Å². The fraction of sp³-hybridized carbons (Fsp3) is 0.438. The Morgan fingerprint density at radius 3 is 2.92 bits per heavy atom. The number of anilines is 1. The van der Waals surface area contributed by atoms with Gasteiger partial charge in [-0.3, -0.25) is 19.3 Å². The van der Waals surface area contributed by atoms with E-state index >= 15 is 0 Å². The van der Waals surface area contributed by atoms with Crippen LogP contribution < -0.4 is 9.64 Å². The predicted molar refractivity (Wildman–Crippen MR) is 89.0 cm³/mol. The van der Waals surface area contributed by atoms with Crippen LogP contribution in [0.25, 0.3) is 0 Å². The molecule has 0 spiro atoms. The highest BCUT2D eigenvalue weighted by Gasteiger charge is 2.34. The summed E-state index contributed by atoms with van der Waals surface area (Å²) in [6.07, 6.45) is 1.40. The second kappa shape index (κ2) is 6.80. The standard InChI is InChI=1S/C16H17BrN2O5/c17-10-3-4-12-13(6-10)24-9-15(21)19(12)8-14(20)18-5-1-2-11(18)7-16(22)23/h3-4,6,11H,1-2,5,7-9H2,(H,22,23). The SMILES string of the molecule is O=C(O)CC1CCCN1C(=O)CN1C(=O)COc2cc(Br)ccc21. The first-order valence-corrected chi connectivity index (χ1v) is 8.49. The van der Waals surface area contributed by atoms with Crippen LogP contribution in [-0.4, -0.2) is 53.5 Å². The van der Waals surface area contributed by atoms with E-state index in [9.17, 15) is 14.4 Å². The second-order valence-corrected chi connectivity index (χ2v) is 6.78. The molecule has 1 atom stereocenters. The number of carboxylic acid groups (broad SMARTS) is 1. The van der Waals surface area contributed by atoms with Crippen LogP contribution in [-0.2, 0) is 14.4 Å². The molecule has 3 rings (SSSR count). The Morgan fingerprint density at radius 2 is 2.17 bits per heavy atom. The molecular formula is C16H17BrN2O5. The van der Waals surface area contributed by atoms with Gasteiger partial charge < -0.3 is 14.7 Å². The Morgan fingerprint density at radius 1 is 1.38 bits per heavy atom. The Kier molecular flexibility index (Phi) is 4.75. The lowest BCUT2D eigenvalue weighted by Gasteiger charge is -2.31. The molecule has 1 aromatic carbocycles. The maximum absolute atomic E-state index is 12.6. The number of likely N-dealkylation sites (tertiary alicyclic amines) is 1. The van der Waals surface area contributed by atoms with Crippen LogP contribution in [0.5, 0.6) is 5.75 Å². The highest BCUT2D eigenvalue weighted by Crippen LogP contribution is 2.34. The van der Waals surface area contributed by atoms with Crippen LogP contribution in [0.1, 0.15) is 19.3 Å². The van der Waals surface area contributed by atoms with E-state index in [1.54, 1.807) is 23.1 Å². The molecule has 1 unspecified atom stereocenters. The molecule has 128 valence electrons. The van der Waals surface area contributed by atoms with Crippen molar-refractivity contribution in [3.63, 3.8) is 0 Å². The van der Waals surface area contributed by atoms with Crippen LogP contribution in [0, 0.1) is 0 Å². The Balaban J connectivity index is 1.77. The minimum absolute atomic E-state index is 0.0632. The summed E-state index contributed by atoms with van der Waals surface area (Å²) >= 11 is 3.35. The third-order valence-corrected chi connectivity index (χ3v) is 4.76. The lowest BCUT2D eigenvalue weighted by molar-refractivity contribution is -0.140.